The molecule has 1 rings (SSSR count). The van der Waals surface area contributed by atoms with E-state index in [9.17, 15) is 8.42 Å². The number of benzene rings is 1. The molecule has 0 heterocycles. The van der Waals surface area contributed by atoms with E-state index in [1.807, 2.05) is 0 Å². The van der Waals surface area contributed by atoms with E-state index in [1.165, 1.54) is 12.1 Å². The van der Waals surface area contributed by atoms with E-state index < -0.39 is 9.84 Å². The highest BCUT2D eigenvalue weighted by molar-refractivity contribution is 9.10. The largest absolute Gasteiger partial charge is 0.399 e. The van der Waals surface area contributed by atoms with E-state index >= 15 is 0 Å². The van der Waals surface area contributed by atoms with Gasteiger partial charge in [-0.2, -0.15) is 0 Å². The summed E-state index contributed by atoms with van der Waals surface area (Å²) in [7, 11) is -3.15. The summed E-state index contributed by atoms with van der Waals surface area (Å²) in [5, 5.41) is 0. The molecule has 0 amide bonds. The van der Waals surface area contributed by atoms with Gasteiger partial charge in [0, 0.05) is 5.69 Å². The average molecular weight is 250 g/mol. The van der Waals surface area contributed by atoms with E-state index in [0.717, 1.165) is 0 Å². The summed E-state index contributed by atoms with van der Waals surface area (Å²) < 4.78 is 22.4. The SMILES string of the molecule is Nc1ccc(S(=O)(=O)CBr)cc1. The molecule has 66 valence electrons. The third-order valence-electron chi connectivity index (χ3n) is 1.38. The summed E-state index contributed by atoms with van der Waals surface area (Å²) in [6, 6.07) is 6.11. The minimum atomic E-state index is -3.15. The topological polar surface area (TPSA) is 60.2 Å². The lowest BCUT2D eigenvalue weighted by Gasteiger charge is -1.99. The zero-order valence-corrected chi connectivity index (χ0v) is 8.60. The predicted octanol–water partition coefficient (Wildman–Crippen LogP) is 1.39. The van der Waals surface area contributed by atoms with Crippen LogP contribution in [0.3, 0.4) is 0 Å². The number of halogens is 1. The third kappa shape index (κ3) is 1.98. The minimum Gasteiger partial charge on any atom is -0.399 e. The Morgan fingerprint density at radius 2 is 1.75 bits per heavy atom. The van der Waals surface area contributed by atoms with Crippen LogP contribution in [-0.4, -0.2) is 13.1 Å². The van der Waals surface area contributed by atoms with E-state index in [1.54, 1.807) is 12.1 Å². The van der Waals surface area contributed by atoms with Crippen LogP contribution < -0.4 is 5.73 Å². The molecule has 1 aromatic rings. The number of anilines is 1. The van der Waals surface area contributed by atoms with E-state index in [2.05, 4.69) is 15.9 Å². The van der Waals surface area contributed by atoms with Crippen LogP contribution in [0.25, 0.3) is 0 Å². The molecule has 0 aromatic heterocycles. The molecule has 12 heavy (non-hydrogen) atoms. The van der Waals surface area contributed by atoms with Crippen molar-refractivity contribution in [1.82, 2.24) is 0 Å². The molecule has 0 unspecified atom stereocenters. The Labute approximate surface area is 79.6 Å². The van der Waals surface area contributed by atoms with Gasteiger partial charge in [0.05, 0.1) is 4.90 Å². The summed E-state index contributed by atoms with van der Waals surface area (Å²) >= 11 is 2.91. The van der Waals surface area contributed by atoms with Crippen LogP contribution in [0.2, 0.25) is 0 Å². The molecule has 0 spiro atoms. The van der Waals surface area contributed by atoms with Gasteiger partial charge in [-0.1, -0.05) is 15.9 Å². The molecule has 3 nitrogen and oxygen atoms in total. The zero-order valence-electron chi connectivity index (χ0n) is 6.20. The van der Waals surface area contributed by atoms with Gasteiger partial charge < -0.3 is 5.73 Å². The van der Waals surface area contributed by atoms with Crippen LogP contribution in [0.1, 0.15) is 0 Å². The van der Waals surface area contributed by atoms with Gasteiger partial charge in [0.2, 0.25) is 0 Å². The van der Waals surface area contributed by atoms with Crippen LogP contribution in [0.5, 0.6) is 0 Å². The fraction of sp³-hybridized carbons (Fsp3) is 0.143. The van der Waals surface area contributed by atoms with Gasteiger partial charge in [-0.3, -0.25) is 0 Å². The van der Waals surface area contributed by atoms with Gasteiger partial charge in [0.25, 0.3) is 0 Å². The Bertz CT molecular complexity index is 357. The molecule has 0 saturated carbocycles. The number of hydrogen-bond donors (Lipinski definition) is 1. The highest BCUT2D eigenvalue weighted by atomic mass is 79.9. The third-order valence-corrected chi connectivity index (χ3v) is 4.47. The average Bonchev–Trinajstić information content (AvgIpc) is 2.05. The number of nitrogen functional groups attached to an aromatic ring is 1. The van der Waals surface area contributed by atoms with E-state index in [-0.39, 0.29) is 9.56 Å². The second-order valence-electron chi connectivity index (χ2n) is 2.29. The highest BCUT2D eigenvalue weighted by Crippen LogP contribution is 2.14. The normalized spacial score (nSPS) is 11.4. The lowest BCUT2D eigenvalue weighted by atomic mass is 10.3. The number of nitrogens with two attached hydrogens (primary N) is 1. The number of sulfone groups is 1. The van der Waals surface area contributed by atoms with Gasteiger partial charge in [0.1, 0.15) is 4.66 Å². The Hall–Kier alpha value is -0.550. The Balaban J connectivity index is 3.14. The maximum Gasteiger partial charge on any atom is 0.188 e. The van der Waals surface area contributed by atoms with Gasteiger partial charge >= 0.3 is 0 Å². The smallest absolute Gasteiger partial charge is 0.188 e. The lowest BCUT2D eigenvalue weighted by molar-refractivity contribution is 0.601. The second-order valence-corrected chi connectivity index (χ2v) is 5.59. The van der Waals surface area contributed by atoms with Crippen molar-refractivity contribution in [3.05, 3.63) is 24.3 Å². The van der Waals surface area contributed by atoms with Crippen LogP contribution in [0.15, 0.2) is 29.2 Å². The molecule has 0 aliphatic rings. The van der Waals surface area contributed by atoms with Crippen molar-refractivity contribution in [2.45, 2.75) is 4.90 Å². The molecule has 0 bridgehead atoms. The maximum absolute atomic E-state index is 11.2. The first-order chi connectivity index (χ1) is 5.56. The van der Waals surface area contributed by atoms with E-state index in [4.69, 9.17) is 5.73 Å². The molecule has 1 aromatic carbocycles. The van der Waals surface area contributed by atoms with Crippen LogP contribution in [-0.2, 0) is 9.84 Å². The first-order valence-corrected chi connectivity index (χ1v) is 5.98. The van der Waals surface area contributed by atoms with E-state index in [0.29, 0.717) is 5.69 Å². The number of hydrogen-bond acceptors (Lipinski definition) is 3. The maximum atomic E-state index is 11.2. The summed E-state index contributed by atoms with van der Waals surface area (Å²) in [6.45, 7) is 0. The molecular formula is C7H8BrNO2S. The van der Waals surface area contributed by atoms with Gasteiger partial charge in [0.15, 0.2) is 9.84 Å². The monoisotopic (exact) mass is 249 g/mol. The fourth-order valence-electron chi connectivity index (χ4n) is 0.738. The molecule has 0 radical (unpaired) electrons. The quantitative estimate of drug-likeness (QED) is 0.637. The summed E-state index contributed by atoms with van der Waals surface area (Å²) in [6.07, 6.45) is 0. The van der Waals surface area contributed by atoms with Crippen LogP contribution >= 0.6 is 15.9 Å². The van der Waals surface area contributed by atoms with Gasteiger partial charge in [-0.05, 0) is 24.3 Å². The zero-order chi connectivity index (χ0) is 9.19. The molecule has 0 fully saturated rings. The molecule has 2 N–H and O–H groups in total. The van der Waals surface area contributed by atoms with Gasteiger partial charge in [-0.15, -0.1) is 0 Å². The first-order valence-electron chi connectivity index (χ1n) is 3.20. The standard InChI is InChI=1S/C7H8BrNO2S/c8-5-12(10,11)7-3-1-6(9)2-4-7/h1-4H,5,9H2. The summed E-state index contributed by atoms with van der Waals surface area (Å²) in [5.41, 5.74) is 5.96. The van der Waals surface area contributed by atoms with Crippen LogP contribution in [0.4, 0.5) is 5.69 Å². The number of alkyl halides is 1. The lowest BCUT2D eigenvalue weighted by Crippen LogP contribution is -2.01. The summed E-state index contributed by atoms with van der Waals surface area (Å²) in [4.78, 5) is 0.286. The molecule has 0 aliphatic carbocycles. The Kier molecular flexibility index (Phi) is 2.74. The molecule has 0 aliphatic heterocycles. The molecule has 5 heteroatoms. The van der Waals surface area contributed by atoms with Crippen LogP contribution in [0, 0.1) is 0 Å². The van der Waals surface area contributed by atoms with Crippen molar-refractivity contribution in [3.63, 3.8) is 0 Å². The fourth-order valence-corrected chi connectivity index (χ4v) is 2.21. The van der Waals surface area contributed by atoms with Crippen molar-refractivity contribution in [1.29, 1.82) is 0 Å². The Morgan fingerprint density at radius 1 is 1.25 bits per heavy atom. The Morgan fingerprint density at radius 3 is 2.17 bits per heavy atom. The summed E-state index contributed by atoms with van der Waals surface area (Å²) in [5.74, 6) is 0. The molecule has 0 atom stereocenters. The van der Waals surface area contributed by atoms with Crippen molar-refractivity contribution < 1.29 is 8.42 Å². The highest BCUT2D eigenvalue weighted by Gasteiger charge is 2.10. The predicted molar refractivity (Wildman–Crippen MR) is 51.8 cm³/mol. The van der Waals surface area contributed by atoms with Crippen molar-refractivity contribution >= 4 is 31.5 Å². The first kappa shape index (κ1) is 9.54. The molecular weight excluding hydrogens is 242 g/mol. The number of rotatable bonds is 2. The van der Waals surface area contributed by atoms with Crippen molar-refractivity contribution in [2.75, 3.05) is 10.4 Å². The minimum absolute atomic E-state index is 0.0656. The van der Waals surface area contributed by atoms with Gasteiger partial charge in [-0.25, -0.2) is 8.42 Å². The second kappa shape index (κ2) is 3.45. The molecule has 0 saturated heterocycles. The van der Waals surface area contributed by atoms with Crippen molar-refractivity contribution in [3.8, 4) is 0 Å². The van der Waals surface area contributed by atoms with Crippen molar-refractivity contribution in [2.24, 2.45) is 0 Å².